The highest BCUT2D eigenvalue weighted by atomic mass is 15.2. The van der Waals surface area contributed by atoms with Gasteiger partial charge in [-0.1, -0.05) is 13.8 Å². The lowest BCUT2D eigenvalue weighted by Crippen LogP contribution is -2.11. The van der Waals surface area contributed by atoms with Crippen LogP contribution in [0.3, 0.4) is 0 Å². The van der Waals surface area contributed by atoms with E-state index in [1.165, 1.54) is 0 Å². The number of aromatic nitrogens is 3. The number of hydrogen-bond donors (Lipinski definition) is 3. The minimum Gasteiger partial charge on any atom is -0.368 e. The van der Waals surface area contributed by atoms with Crippen molar-refractivity contribution < 1.29 is 0 Å². The Morgan fingerprint density at radius 3 is 2.21 bits per heavy atom. The Labute approximate surface area is 83.1 Å². The van der Waals surface area contributed by atoms with E-state index < -0.39 is 0 Å². The quantitative estimate of drug-likeness (QED) is 0.647. The summed E-state index contributed by atoms with van der Waals surface area (Å²) in [5.41, 5.74) is 10.8. The van der Waals surface area contributed by atoms with Crippen molar-refractivity contribution in [3.63, 3.8) is 0 Å². The predicted octanol–water partition coefficient (Wildman–Crippen LogP) is 0.494. The van der Waals surface area contributed by atoms with E-state index in [1.807, 2.05) is 0 Å². The van der Waals surface area contributed by atoms with Crippen molar-refractivity contribution in [1.82, 2.24) is 15.0 Å². The molecule has 6 nitrogen and oxygen atoms in total. The van der Waals surface area contributed by atoms with E-state index in [2.05, 4.69) is 34.1 Å². The highest BCUT2D eigenvalue weighted by molar-refractivity contribution is 5.36. The Morgan fingerprint density at radius 2 is 1.71 bits per heavy atom. The van der Waals surface area contributed by atoms with Crippen molar-refractivity contribution in [2.45, 2.75) is 20.3 Å². The molecule has 0 spiro atoms. The number of nitrogen functional groups attached to an aromatic ring is 2. The highest BCUT2D eigenvalue weighted by Crippen LogP contribution is 2.05. The second-order valence-corrected chi connectivity index (χ2v) is 3.48. The minimum atomic E-state index is 0.143. The molecule has 0 unspecified atom stereocenters. The fourth-order valence-electron chi connectivity index (χ4n) is 0.961. The minimum absolute atomic E-state index is 0.143. The summed E-state index contributed by atoms with van der Waals surface area (Å²) in [7, 11) is 0. The summed E-state index contributed by atoms with van der Waals surface area (Å²) in [6, 6.07) is 0. The van der Waals surface area contributed by atoms with Crippen molar-refractivity contribution >= 4 is 17.8 Å². The highest BCUT2D eigenvalue weighted by Gasteiger charge is 2.00. The monoisotopic (exact) mass is 196 g/mol. The second kappa shape index (κ2) is 4.59. The van der Waals surface area contributed by atoms with Crippen molar-refractivity contribution in [3.05, 3.63) is 0 Å². The van der Waals surface area contributed by atoms with Crippen LogP contribution >= 0.6 is 0 Å². The van der Waals surface area contributed by atoms with Crippen LogP contribution in [0.15, 0.2) is 0 Å². The van der Waals surface area contributed by atoms with Gasteiger partial charge in [0.2, 0.25) is 17.8 Å². The average molecular weight is 196 g/mol. The molecule has 14 heavy (non-hydrogen) atoms. The molecule has 0 saturated carbocycles. The fourth-order valence-corrected chi connectivity index (χ4v) is 0.961. The van der Waals surface area contributed by atoms with Gasteiger partial charge in [-0.3, -0.25) is 0 Å². The van der Waals surface area contributed by atoms with Crippen LogP contribution in [-0.4, -0.2) is 21.5 Å². The summed E-state index contributed by atoms with van der Waals surface area (Å²) in [5.74, 6) is 1.36. The standard InChI is InChI=1S/C8H16N6/c1-5(2)3-4-11-8-13-6(9)12-7(10)14-8/h5H,3-4H2,1-2H3,(H5,9,10,11,12,13,14). The molecule has 1 heterocycles. The summed E-state index contributed by atoms with van der Waals surface area (Å²) in [6.45, 7) is 5.11. The van der Waals surface area contributed by atoms with Gasteiger partial charge < -0.3 is 16.8 Å². The lowest BCUT2D eigenvalue weighted by molar-refractivity contribution is 0.606. The molecule has 0 atom stereocenters. The van der Waals surface area contributed by atoms with Gasteiger partial charge in [0.05, 0.1) is 0 Å². The van der Waals surface area contributed by atoms with E-state index in [4.69, 9.17) is 11.5 Å². The number of nitrogens with one attached hydrogen (secondary N) is 1. The Hall–Kier alpha value is -1.59. The molecule has 0 fully saturated rings. The van der Waals surface area contributed by atoms with Gasteiger partial charge in [0.15, 0.2) is 0 Å². The van der Waals surface area contributed by atoms with Crippen molar-refractivity contribution in [3.8, 4) is 0 Å². The summed E-state index contributed by atoms with van der Waals surface area (Å²) in [5, 5.41) is 3.04. The molecule has 6 heteroatoms. The molecule has 0 saturated heterocycles. The Kier molecular flexibility index (Phi) is 3.44. The molecule has 1 aromatic heterocycles. The summed E-state index contributed by atoms with van der Waals surface area (Å²) < 4.78 is 0. The largest absolute Gasteiger partial charge is 0.368 e. The van der Waals surface area contributed by atoms with Crippen LogP contribution in [-0.2, 0) is 0 Å². The van der Waals surface area contributed by atoms with Crippen LogP contribution in [0.25, 0.3) is 0 Å². The van der Waals surface area contributed by atoms with Crippen molar-refractivity contribution in [1.29, 1.82) is 0 Å². The van der Waals surface area contributed by atoms with Crippen LogP contribution in [0.5, 0.6) is 0 Å². The molecular weight excluding hydrogens is 180 g/mol. The number of nitrogens with zero attached hydrogens (tertiary/aromatic N) is 3. The smallest absolute Gasteiger partial charge is 0.229 e. The number of nitrogens with two attached hydrogens (primary N) is 2. The van der Waals surface area contributed by atoms with Gasteiger partial charge in [-0.15, -0.1) is 0 Å². The second-order valence-electron chi connectivity index (χ2n) is 3.48. The zero-order valence-electron chi connectivity index (χ0n) is 8.49. The lowest BCUT2D eigenvalue weighted by atomic mass is 10.1. The van der Waals surface area contributed by atoms with Crippen LogP contribution in [0, 0.1) is 5.92 Å². The zero-order valence-corrected chi connectivity index (χ0v) is 8.49. The van der Waals surface area contributed by atoms with Gasteiger partial charge in [0.1, 0.15) is 0 Å². The molecule has 1 rings (SSSR count). The molecule has 0 amide bonds. The van der Waals surface area contributed by atoms with Crippen LogP contribution in [0.1, 0.15) is 20.3 Å². The maximum absolute atomic E-state index is 5.41. The summed E-state index contributed by atoms with van der Waals surface area (Å²) in [4.78, 5) is 11.5. The predicted molar refractivity (Wildman–Crippen MR) is 56.6 cm³/mol. The van der Waals surface area contributed by atoms with Gasteiger partial charge in [0.25, 0.3) is 0 Å². The van der Waals surface area contributed by atoms with Gasteiger partial charge in [-0.05, 0) is 12.3 Å². The zero-order chi connectivity index (χ0) is 10.6. The summed E-state index contributed by atoms with van der Waals surface area (Å²) in [6.07, 6.45) is 1.05. The maximum Gasteiger partial charge on any atom is 0.229 e. The number of hydrogen-bond acceptors (Lipinski definition) is 6. The molecule has 0 aliphatic carbocycles. The first-order valence-corrected chi connectivity index (χ1v) is 4.59. The van der Waals surface area contributed by atoms with Crippen LogP contribution in [0.4, 0.5) is 17.8 Å². The molecule has 0 radical (unpaired) electrons. The topological polar surface area (TPSA) is 103 Å². The Morgan fingerprint density at radius 1 is 1.14 bits per heavy atom. The molecule has 0 aromatic carbocycles. The molecule has 78 valence electrons. The van der Waals surface area contributed by atoms with E-state index in [9.17, 15) is 0 Å². The van der Waals surface area contributed by atoms with E-state index in [-0.39, 0.29) is 11.9 Å². The number of anilines is 3. The Bertz CT molecular complexity index is 278. The molecule has 5 N–H and O–H groups in total. The normalized spacial score (nSPS) is 10.5. The Balaban J connectivity index is 2.50. The molecule has 0 aliphatic heterocycles. The molecule has 0 bridgehead atoms. The van der Waals surface area contributed by atoms with Gasteiger partial charge in [0, 0.05) is 6.54 Å². The molecule has 1 aromatic rings. The molecular formula is C8H16N6. The first kappa shape index (κ1) is 10.5. The summed E-state index contributed by atoms with van der Waals surface area (Å²) >= 11 is 0. The van der Waals surface area contributed by atoms with Crippen molar-refractivity contribution in [2.24, 2.45) is 5.92 Å². The van der Waals surface area contributed by atoms with E-state index in [1.54, 1.807) is 0 Å². The van der Waals surface area contributed by atoms with Gasteiger partial charge >= 0.3 is 0 Å². The third kappa shape index (κ3) is 3.42. The number of rotatable bonds is 4. The lowest BCUT2D eigenvalue weighted by Gasteiger charge is -2.06. The first-order valence-electron chi connectivity index (χ1n) is 4.59. The van der Waals surface area contributed by atoms with Crippen LogP contribution < -0.4 is 16.8 Å². The van der Waals surface area contributed by atoms with Crippen molar-refractivity contribution in [2.75, 3.05) is 23.3 Å². The van der Waals surface area contributed by atoms with Crippen LogP contribution in [0.2, 0.25) is 0 Å². The fraction of sp³-hybridized carbons (Fsp3) is 0.625. The van der Waals surface area contributed by atoms with E-state index in [0.717, 1.165) is 13.0 Å². The molecule has 0 aliphatic rings. The van der Waals surface area contributed by atoms with Gasteiger partial charge in [-0.2, -0.15) is 15.0 Å². The van der Waals surface area contributed by atoms with E-state index in [0.29, 0.717) is 11.9 Å². The SMILES string of the molecule is CC(C)CCNc1nc(N)nc(N)n1. The first-order chi connectivity index (χ1) is 6.58. The third-order valence-electron chi connectivity index (χ3n) is 1.67. The maximum atomic E-state index is 5.41. The van der Waals surface area contributed by atoms with E-state index >= 15 is 0 Å². The average Bonchev–Trinajstić information content (AvgIpc) is 2.01. The van der Waals surface area contributed by atoms with Gasteiger partial charge in [-0.25, -0.2) is 0 Å². The third-order valence-corrected chi connectivity index (χ3v) is 1.67.